The van der Waals surface area contributed by atoms with Crippen molar-refractivity contribution in [1.82, 2.24) is 5.32 Å². The molecule has 2 rings (SSSR count). The molecule has 0 radical (unpaired) electrons. The molecule has 1 aromatic carbocycles. The molecule has 1 aliphatic heterocycles. The van der Waals surface area contributed by atoms with E-state index in [-0.39, 0.29) is 18.0 Å². The van der Waals surface area contributed by atoms with Crippen LogP contribution in [-0.4, -0.2) is 24.5 Å². The van der Waals surface area contributed by atoms with Gasteiger partial charge in [-0.2, -0.15) is 0 Å². The van der Waals surface area contributed by atoms with Gasteiger partial charge in [-0.25, -0.2) is 0 Å². The minimum absolute atomic E-state index is 0.0720. The summed E-state index contributed by atoms with van der Waals surface area (Å²) in [6, 6.07) is 7.98. The largest absolute Gasteiger partial charge is 0.381 e. The van der Waals surface area contributed by atoms with Crippen LogP contribution in [-0.2, 0) is 4.79 Å². The van der Waals surface area contributed by atoms with Gasteiger partial charge in [0, 0.05) is 12.6 Å². The molecule has 0 saturated heterocycles. The molecular weight excluding hydrogens is 250 g/mol. The maximum Gasteiger partial charge on any atom is 0.244 e. The monoisotopic (exact) mass is 275 g/mol. The fraction of sp³-hybridized carbons (Fsp3) is 0.562. The molecule has 3 atom stereocenters. The first-order valence-corrected chi connectivity index (χ1v) is 7.50. The maximum atomic E-state index is 12.3. The predicted molar refractivity (Wildman–Crippen MR) is 84.0 cm³/mol. The van der Waals surface area contributed by atoms with Gasteiger partial charge in [0.25, 0.3) is 0 Å². The van der Waals surface area contributed by atoms with Gasteiger partial charge < -0.3 is 16.0 Å². The highest BCUT2D eigenvalue weighted by Gasteiger charge is 2.24. The average Bonchev–Trinajstić information content (AvgIpc) is 2.46. The summed E-state index contributed by atoms with van der Waals surface area (Å²) in [5.41, 5.74) is 2.05. The Morgan fingerprint density at radius 1 is 1.35 bits per heavy atom. The van der Waals surface area contributed by atoms with Crippen molar-refractivity contribution >= 4 is 17.3 Å². The van der Waals surface area contributed by atoms with Gasteiger partial charge in [-0.15, -0.1) is 0 Å². The van der Waals surface area contributed by atoms with Crippen molar-refractivity contribution in [3.05, 3.63) is 24.3 Å². The molecular formula is C16H25N3O. The van der Waals surface area contributed by atoms with E-state index in [1.807, 2.05) is 24.3 Å². The van der Waals surface area contributed by atoms with E-state index in [0.717, 1.165) is 24.2 Å². The zero-order valence-corrected chi connectivity index (χ0v) is 12.6. The number of benzene rings is 1. The first-order valence-electron chi connectivity index (χ1n) is 7.50. The van der Waals surface area contributed by atoms with E-state index in [1.165, 1.54) is 0 Å². The van der Waals surface area contributed by atoms with Crippen LogP contribution in [0.4, 0.5) is 11.4 Å². The van der Waals surface area contributed by atoms with E-state index in [2.05, 4.69) is 36.7 Å². The predicted octanol–water partition coefficient (Wildman–Crippen LogP) is 2.83. The molecule has 3 N–H and O–H groups in total. The Hall–Kier alpha value is -1.71. The third-order valence-corrected chi connectivity index (χ3v) is 3.91. The van der Waals surface area contributed by atoms with Crippen LogP contribution in [0.5, 0.6) is 0 Å². The lowest BCUT2D eigenvalue weighted by molar-refractivity contribution is -0.122. The molecule has 3 unspecified atom stereocenters. The fourth-order valence-electron chi connectivity index (χ4n) is 2.54. The van der Waals surface area contributed by atoms with Crippen LogP contribution in [0, 0.1) is 5.92 Å². The van der Waals surface area contributed by atoms with Gasteiger partial charge >= 0.3 is 0 Å². The highest BCUT2D eigenvalue weighted by Crippen LogP contribution is 2.25. The second kappa shape index (κ2) is 6.64. The minimum Gasteiger partial charge on any atom is -0.381 e. The molecule has 0 aliphatic carbocycles. The van der Waals surface area contributed by atoms with Gasteiger partial charge in [0.2, 0.25) is 5.91 Å². The highest BCUT2D eigenvalue weighted by molar-refractivity contribution is 5.88. The van der Waals surface area contributed by atoms with Gasteiger partial charge in [-0.3, -0.25) is 4.79 Å². The normalized spacial score (nSPS) is 20.1. The number of amides is 1. The molecule has 1 aromatic rings. The Morgan fingerprint density at radius 2 is 2.05 bits per heavy atom. The number of carbonyl (C=O) groups excluding carboxylic acids is 1. The van der Waals surface area contributed by atoms with Crippen molar-refractivity contribution in [2.45, 2.75) is 45.7 Å². The topological polar surface area (TPSA) is 53.2 Å². The van der Waals surface area contributed by atoms with Crippen molar-refractivity contribution in [2.75, 3.05) is 17.2 Å². The second-order valence-electron chi connectivity index (χ2n) is 5.78. The van der Waals surface area contributed by atoms with Gasteiger partial charge in [-0.1, -0.05) is 32.4 Å². The maximum absolute atomic E-state index is 12.3. The number of rotatable bonds is 5. The highest BCUT2D eigenvalue weighted by atomic mass is 16.2. The Morgan fingerprint density at radius 3 is 2.75 bits per heavy atom. The van der Waals surface area contributed by atoms with E-state index in [1.54, 1.807) is 0 Å². The summed E-state index contributed by atoms with van der Waals surface area (Å²) in [5.74, 6) is 0.714. The van der Waals surface area contributed by atoms with Crippen LogP contribution < -0.4 is 16.0 Å². The van der Waals surface area contributed by atoms with Crippen molar-refractivity contribution in [2.24, 2.45) is 5.92 Å². The van der Waals surface area contributed by atoms with Crippen LogP contribution in [0.25, 0.3) is 0 Å². The summed E-state index contributed by atoms with van der Waals surface area (Å²) in [6.07, 6.45) is 2.18. The number of anilines is 2. The molecule has 110 valence electrons. The van der Waals surface area contributed by atoms with E-state index < -0.39 is 0 Å². The number of fused-ring (bicyclic) bond motifs is 1. The van der Waals surface area contributed by atoms with Crippen LogP contribution in [0.3, 0.4) is 0 Å². The lowest BCUT2D eigenvalue weighted by Gasteiger charge is -2.29. The molecule has 4 nitrogen and oxygen atoms in total. The number of nitrogens with one attached hydrogen (secondary N) is 3. The minimum atomic E-state index is -0.204. The number of carbonyl (C=O) groups is 1. The van der Waals surface area contributed by atoms with Crippen molar-refractivity contribution in [3.8, 4) is 0 Å². The molecule has 1 heterocycles. The fourth-order valence-corrected chi connectivity index (χ4v) is 2.54. The molecule has 1 aliphatic rings. The van der Waals surface area contributed by atoms with E-state index >= 15 is 0 Å². The van der Waals surface area contributed by atoms with Gasteiger partial charge in [0.1, 0.15) is 6.04 Å². The zero-order chi connectivity index (χ0) is 14.5. The smallest absolute Gasteiger partial charge is 0.244 e. The number of para-hydroxylation sites is 2. The quantitative estimate of drug-likeness (QED) is 0.774. The molecule has 20 heavy (non-hydrogen) atoms. The second-order valence-corrected chi connectivity index (χ2v) is 5.78. The zero-order valence-electron chi connectivity index (χ0n) is 12.6. The number of hydrogen-bond donors (Lipinski definition) is 3. The van der Waals surface area contributed by atoms with Gasteiger partial charge in [0.15, 0.2) is 0 Å². The van der Waals surface area contributed by atoms with Crippen LogP contribution in [0.1, 0.15) is 33.6 Å². The summed E-state index contributed by atoms with van der Waals surface area (Å²) >= 11 is 0. The average molecular weight is 275 g/mol. The first-order chi connectivity index (χ1) is 9.60. The summed E-state index contributed by atoms with van der Waals surface area (Å²) in [6.45, 7) is 7.11. The van der Waals surface area contributed by atoms with Crippen molar-refractivity contribution < 1.29 is 4.79 Å². The van der Waals surface area contributed by atoms with Gasteiger partial charge in [0.05, 0.1) is 11.4 Å². The van der Waals surface area contributed by atoms with Gasteiger partial charge in [-0.05, 0) is 31.4 Å². The number of hydrogen-bond acceptors (Lipinski definition) is 3. The molecule has 0 saturated carbocycles. The Bertz CT molecular complexity index is 461. The van der Waals surface area contributed by atoms with Crippen LogP contribution >= 0.6 is 0 Å². The molecule has 0 aromatic heterocycles. The summed E-state index contributed by atoms with van der Waals surface area (Å²) in [5, 5.41) is 9.69. The third-order valence-electron chi connectivity index (χ3n) is 3.91. The third kappa shape index (κ3) is 3.65. The molecule has 1 amide bonds. The van der Waals surface area contributed by atoms with E-state index in [0.29, 0.717) is 12.5 Å². The van der Waals surface area contributed by atoms with Crippen molar-refractivity contribution in [3.63, 3.8) is 0 Å². The first kappa shape index (κ1) is 14.7. The standard InChI is InChI=1S/C16H25N3O/c1-4-11(2)9-12(3)18-16(20)15-10-17-13-7-5-6-8-14(13)19-15/h5-8,11-12,15,17,19H,4,9-10H2,1-3H3,(H,18,20). The van der Waals surface area contributed by atoms with Crippen molar-refractivity contribution in [1.29, 1.82) is 0 Å². The Balaban J connectivity index is 1.88. The Labute approximate surface area is 121 Å². The molecule has 0 fully saturated rings. The van der Waals surface area contributed by atoms with E-state index in [9.17, 15) is 4.79 Å². The SMILES string of the molecule is CCC(C)CC(C)NC(=O)C1CNc2ccccc2N1. The lowest BCUT2D eigenvalue weighted by Crippen LogP contribution is -2.48. The summed E-state index contributed by atoms with van der Waals surface area (Å²) in [7, 11) is 0. The van der Waals surface area contributed by atoms with E-state index in [4.69, 9.17) is 0 Å². The lowest BCUT2D eigenvalue weighted by atomic mass is 10.00. The summed E-state index contributed by atoms with van der Waals surface area (Å²) in [4.78, 5) is 12.3. The molecule has 4 heteroatoms. The summed E-state index contributed by atoms with van der Waals surface area (Å²) < 4.78 is 0. The van der Waals surface area contributed by atoms with Crippen LogP contribution in [0.15, 0.2) is 24.3 Å². The Kier molecular flexibility index (Phi) is 4.88. The molecule has 0 bridgehead atoms. The van der Waals surface area contributed by atoms with Crippen LogP contribution in [0.2, 0.25) is 0 Å². The molecule has 0 spiro atoms.